The second-order valence-corrected chi connectivity index (χ2v) is 8.97. The molecule has 2 aromatic rings. The predicted octanol–water partition coefficient (Wildman–Crippen LogP) is 4.38. The zero-order chi connectivity index (χ0) is 21.7. The van der Waals surface area contributed by atoms with Crippen LogP contribution in [-0.2, 0) is 10.4 Å². The van der Waals surface area contributed by atoms with Crippen molar-refractivity contribution in [3.63, 3.8) is 0 Å². The van der Waals surface area contributed by atoms with Gasteiger partial charge in [-0.05, 0) is 25.1 Å². The van der Waals surface area contributed by atoms with Gasteiger partial charge in [0.1, 0.15) is 0 Å². The van der Waals surface area contributed by atoms with Crippen LogP contribution in [0.25, 0.3) is 0 Å². The molecule has 1 amide bonds. The van der Waals surface area contributed by atoms with Crippen LogP contribution in [0.5, 0.6) is 0 Å². The lowest BCUT2D eigenvalue weighted by atomic mass is 9.89. The van der Waals surface area contributed by atoms with E-state index < -0.39 is 18.2 Å². The smallest absolute Gasteiger partial charge is 0.372 e. The van der Waals surface area contributed by atoms with Crippen LogP contribution in [-0.4, -0.2) is 45.2 Å². The van der Waals surface area contributed by atoms with Crippen molar-refractivity contribution in [3.8, 4) is 0 Å². The van der Waals surface area contributed by atoms with E-state index in [1.807, 2.05) is 0 Å². The standard InChI is InChI=1S/C18H15Cl2F3N4O2S/c1-9-14(16(28)25-13-7-30-8-13)6-24-27(9)15-5-17(29-26-15,18(21,22)23)10-2-11(19)4-12(20)3-10/h2-4,6,13H,5,7-8H2,1H3,(H,25,28). The number of halogens is 5. The SMILES string of the molecule is Cc1c(C(=O)NC2CSC2)cnn1C1=NOC(c2cc(Cl)cc(Cl)c2)(C(F)(F)F)C1. The molecule has 12 heteroatoms. The Kier molecular flexibility index (Phi) is 5.44. The van der Waals surface area contributed by atoms with E-state index in [1.54, 1.807) is 18.7 Å². The van der Waals surface area contributed by atoms with Gasteiger partial charge in [0.15, 0.2) is 5.84 Å². The fraction of sp³-hybridized carbons (Fsp3) is 0.389. The highest BCUT2D eigenvalue weighted by Gasteiger charge is 2.63. The minimum absolute atomic E-state index is 0.0431. The normalized spacial score (nSPS) is 21.7. The van der Waals surface area contributed by atoms with Crippen molar-refractivity contribution in [3.05, 3.63) is 51.3 Å². The number of benzene rings is 1. The Labute approximate surface area is 183 Å². The van der Waals surface area contributed by atoms with Crippen molar-refractivity contribution < 1.29 is 22.8 Å². The van der Waals surface area contributed by atoms with Crippen LogP contribution in [0.4, 0.5) is 13.2 Å². The van der Waals surface area contributed by atoms with Gasteiger partial charge in [0, 0.05) is 33.2 Å². The number of amides is 1. The molecule has 1 atom stereocenters. The molecule has 160 valence electrons. The van der Waals surface area contributed by atoms with Crippen LogP contribution in [0.3, 0.4) is 0 Å². The monoisotopic (exact) mass is 478 g/mol. The quantitative estimate of drug-likeness (QED) is 0.710. The van der Waals surface area contributed by atoms with Gasteiger partial charge in [-0.3, -0.25) is 4.79 Å². The fourth-order valence-electron chi connectivity index (χ4n) is 3.26. The molecule has 0 saturated carbocycles. The molecule has 30 heavy (non-hydrogen) atoms. The summed E-state index contributed by atoms with van der Waals surface area (Å²) in [6, 6.07) is 3.70. The number of carbonyl (C=O) groups excluding carboxylic acids is 1. The third-order valence-corrected chi connectivity index (χ3v) is 6.69. The maximum Gasteiger partial charge on any atom is 0.435 e. The molecule has 0 radical (unpaired) electrons. The number of rotatable bonds is 3. The van der Waals surface area contributed by atoms with Gasteiger partial charge in [-0.15, -0.1) is 0 Å². The molecule has 2 aliphatic heterocycles. The van der Waals surface area contributed by atoms with Crippen molar-refractivity contribution in [2.45, 2.75) is 31.2 Å². The van der Waals surface area contributed by atoms with Crippen LogP contribution in [0, 0.1) is 6.92 Å². The molecule has 1 unspecified atom stereocenters. The number of nitrogens with one attached hydrogen (secondary N) is 1. The predicted molar refractivity (Wildman–Crippen MR) is 108 cm³/mol. The summed E-state index contributed by atoms with van der Waals surface area (Å²) in [5.41, 5.74) is -2.40. The Morgan fingerprint density at radius 3 is 2.53 bits per heavy atom. The van der Waals surface area contributed by atoms with Gasteiger partial charge in [-0.25, -0.2) is 4.68 Å². The molecule has 1 fully saturated rings. The minimum Gasteiger partial charge on any atom is -0.372 e. The summed E-state index contributed by atoms with van der Waals surface area (Å²) in [6.45, 7) is 1.59. The van der Waals surface area contributed by atoms with E-state index >= 15 is 0 Å². The molecule has 1 aromatic carbocycles. The van der Waals surface area contributed by atoms with Crippen molar-refractivity contribution in [2.24, 2.45) is 5.16 Å². The maximum atomic E-state index is 14.1. The summed E-state index contributed by atoms with van der Waals surface area (Å²) >= 11 is 13.5. The Morgan fingerprint density at radius 2 is 1.97 bits per heavy atom. The molecule has 4 rings (SSSR count). The first kappa shape index (κ1) is 21.3. The molecule has 0 bridgehead atoms. The number of hydrogen-bond acceptors (Lipinski definition) is 5. The molecule has 1 N–H and O–H groups in total. The molecule has 3 heterocycles. The number of hydrogen-bond donors (Lipinski definition) is 1. The third-order valence-electron chi connectivity index (χ3n) is 4.97. The van der Waals surface area contributed by atoms with Crippen molar-refractivity contribution in [1.29, 1.82) is 0 Å². The van der Waals surface area contributed by atoms with Gasteiger partial charge in [0.05, 0.1) is 23.9 Å². The second kappa shape index (κ2) is 7.65. The molecular formula is C18H15Cl2F3N4O2S. The zero-order valence-corrected chi connectivity index (χ0v) is 17.8. The number of carbonyl (C=O) groups is 1. The number of nitrogens with zero attached hydrogens (tertiary/aromatic N) is 3. The average molecular weight is 479 g/mol. The van der Waals surface area contributed by atoms with E-state index in [1.165, 1.54) is 16.9 Å². The average Bonchev–Trinajstić information content (AvgIpc) is 3.21. The van der Waals surface area contributed by atoms with Crippen LogP contribution >= 0.6 is 35.0 Å². The van der Waals surface area contributed by atoms with Crippen LogP contribution in [0.15, 0.2) is 29.6 Å². The highest BCUT2D eigenvalue weighted by atomic mass is 35.5. The molecule has 1 aromatic heterocycles. The third kappa shape index (κ3) is 3.65. The van der Waals surface area contributed by atoms with E-state index in [9.17, 15) is 18.0 Å². The fourth-order valence-corrected chi connectivity index (χ4v) is 4.43. The highest BCUT2D eigenvalue weighted by molar-refractivity contribution is 8.00. The summed E-state index contributed by atoms with van der Waals surface area (Å²) in [7, 11) is 0. The van der Waals surface area contributed by atoms with Gasteiger partial charge in [-0.2, -0.15) is 30.0 Å². The molecule has 0 aliphatic carbocycles. The molecular weight excluding hydrogens is 464 g/mol. The van der Waals surface area contributed by atoms with Crippen LogP contribution in [0.2, 0.25) is 10.0 Å². The van der Waals surface area contributed by atoms with Gasteiger partial charge in [0.25, 0.3) is 11.5 Å². The summed E-state index contributed by atoms with van der Waals surface area (Å²) in [5.74, 6) is 1.25. The Morgan fingerprint density at radius 1 is 1.30 bits per heavy atom. The molecule has 2 aliphatic rings. The summed E-state index contributed by atoms with van der Waals surface area (Å²) in [4.78, 5) is 17.4. The van der Waals surface area contributed by atoms with Crippen molar-refractivity contribution in [2.75, 3.05) is 11.5 Å². The molecule has 6 nitrogen and oxygen atoms in total. The number of alkyl halides is 3. The van der Waals surface area contributed by atoms with E-state index in [0.717, 1.165) is 23.6 Å². The first-order valence-electron chi connectivity index (χ1n) is 8.83. The van der Waals surface area contributed by atoms with Gasteiger partial charge in [-0.1, -0.05) is 28.4 Å². The van der Waals surface area contributed by atoms with Crippen LogP contribution < -0.4 is 5.32 Å². The van der Waals surface area contributed by atoms with Crippen molar-refractivity contribution >= 4 is 46.7 Å². The number of aromatic nitrogens is 2. The Balaban J connectivity index is 1.64. The highest BCUT2D eigenvalue weighted by Crippen LogP contribution is 2.49. The van der Waals surface area contributed by atoms with E-state index in [-0.39, 0.29) is 39.0 Å². The Bertz CT molecular complexity index is 1020. The van der Waals surface area contributed by atoms with Crippen LogP contribution in [0.1, 0.15) is 28.0 Å². The largest absolute Gasteiger partial charge is 0.435 e. The lowest BCUT2D eigenvalue weighted by molar-refractivity contribution is -0.275. The van der Waals surface area contributed by atoms with E-state index in [4.69, 9.17) is 28.0 Å². The maximum absolute atomic E-state index is 14.1. The lowest BCUT2D eigenvalue weighted by Crippen LogP contribution is -2.44. The van der Waals surface area contributed by atoms with Gasteiger partial charge >= 0.3 is 6.18 Å². The second-order valence-electron chi connectivity index (χ2n) is 7.02. The first-order valence-corrected chi connectivity index (χ1v) is 10.7. The Hall–Kier alpha value is -1.91. The lowest BCUT2D eigenvalue weighted by Gasteiger charge is -2.29. The minimum atomic E-state index is -4.81. The summed E-state index contributed by atoms with van der Waals surface area (Å²) in [6.07, 6.45) is -4.16. The first-order chi connectivity index (χ1) is 14.1. The summed E-state index contributed by atoms with van der Waals surface area (Å²) < 4.78 is 43.5. The van der Waals surface area contributed by atoms with E-state index in [2.05, 4.69) is 15.6 Å². The summed E-state index contributed by atoms with van der Waals surface area (Å²) in [5, 5.41) is 10.7. The van der Waals surface area contributed by atoms with Crippen molar-refractivity contribution in [1.82, 2.24) is 15.1 Å². The number of thioether (sulfide) groups is 1. The topological polar surface area (TPSA) is 68.5 Å². The molecule has 1 saturated heterocycles. The number of oxime groups is 1. The van der Waals surface area contributed by atoms with Gasteiger partial charge < -0.3 is 10.2 Å². The van der Waals surface area contributed by atoms with Gasteiger partial charge in [0.2, 0.25) is 0 Å². The molecule has 0 spiro atoms. The van der Waals surface area contributed by atoms with E-state index in [0.29, 0.717) is 5.69 Å². The zero-order valence-electron chi connectivity index (χ0n) is 15.5.